The number of primary amides is 1. The number of amides is 1. The molecule has 11 nitrogen and oxygen atoms in total. The Morgan fingerprint density at radius 1 is 1.02 bits per heavy atom. The number of rotatable bonds is 7. The SMILES string of the molecule is CN(C)c1cc(NC2CCC(Cc3ccccc3)CC2)c(O)c2c1C[C@H]1C[C@H]3[C@H](N(C)C)C(=O)C(C(N)=O)=C(O)[C@@]3(O)C(=O)C1=C2O. The van der Waals surface area contributed by atoms with Crippen molar-refractivity contribution >= 4 is 34.6 Å². The first-order chi connectivity index (χ1) is 22.2. The molecule has 11 heteroatoms. The number of nitrogens with zero attached hydrogens (tertiary/aromatic N) is 2. The van der Waals surface area contributed by atoms with E-state index < -0.39 is 58.0 Å². The first-order valence-electron chi connectivity index (χ1n) is 16.3. The molecule has 250 valence electrons. The van der Waals surface area contributed by atoms with Crippen molar-refractivity contribution in [3.8, 4) is 5.75 Å². The zero-order valence-electron chi connectivity index (χ0n) is 27.3. The molecule has 0 unspecified atom stereocenters. The number of Topliss-reactive ketones (excluding diaryl/α,β-unsaturated/α-hetero) is 2. The number of anilines is 2. The van der Waals surface area contributed by atoms with Gasteiger partial charge in [-0.1, -0.05) is 30.3 Å². The number of fused-ring (bicyclic) bond motifs is 3. The van der Waals surface area contributed by atoms with Crippen molar-refractivity contribution in [1.82, 2.24) is 4.90 Å². The van der Waals surface area contributed by atoms with Gasteiger partial charge in [0.2, 0.25) is 5.78 Å². The van der Waals surface area contributed by atoms with Gasteiger partial charge in [0.25, 0.3) is 5.91 Å². The molecule has 2 aromatic rings. The van der Waals surface area contributed by atoms with Gasteiger partial charge in [-0.15, -0.1) is 0 Å². The number of nitrogens with one attached hydrogen (secondary N) is 1. The molecule has 1 amide bonds. The van der Waals surface area contributed by atoms with Crippen LogP contribution in [0, 0.1) is 17.8 Å². The van der Waals surface area contributed by atoms with E-state index in [0.29, 0.717) is 17.2 Å². The van der Waals surface area contributed by atoms with Crippen LogP contribution in [0.25, 0.3) is 5.76 Å². The number of aliphatic hydroxyl groups excluding tert-OH is 2. The number of aromatic hydroxyl groups is 1. The molecule has 0 aromatic heterocycles. The predicted octanol–water partition coefficient (Wildman–Crippen LogP) is 3.24. The maximum absolute atomic E-state index is 14.2. The zero-order valence-corrected chi connectivity index (χ0v) is 27.3. The smallest absolute Gasteiger partial charge is 0.255 e. The van der Waals surface area contributed by atoms with Crippen LogP contribution in [-0.2, 0) is 27.2 Å². The van der Waals surface area contributed by atoms with Crippen LogP contribution in [-0.4, -0.2) is 88.7 Å². The Labute approximate surface area is 274 Å². The molecule has 0 radical (unpaired) electrons. The molecule has 2 aromatic carbocycles. The van der Waals surface area contributed by atoms with E-state index in [2.05, 4.69) is 29.6 Å². The molecule has 0 saturated heterocycles. The number of nitrogens with two attached hydrogens (primary N) is 1. The standard InChI is InChI=1S/C36H44N4O7/c1-39(2)25-17-24(38-21-12-10-19(11-13-21)14-18-8-6-5-7-9-18)30(41)27-22(25)15-20-16-23-29(40(3)4)32(43)28(35(37)46)34(45)36(23,47)33(44)26(20)31(27)42/h5-9,17,19-21,23,29,38,41-42,45,47H,10-16H2,1-4H3,(H2,37,46)/t19?,20-,21?,23-,29-,36-/m0/s1. The Balaban J connectivity index is 1.36. The van der Waals surface area contributed by atoms with Gasteiger partial charge in [-0.3, -0.25) is 19.3 Å². The molecule has 4 aliphatic carbocycles. The minimum Gasteiger partial charge on any atom is -0.508 e. The molecule has 0 spiro atoms. The Bertz CT molecular complexity index is 1690. The summed E-state index contributed by atoms with van der Waals surface area (Å²) in [6, 6.07) is 11.3. The molecule has 0 bridgehead atoms. The van der Waals surface area contributed by atoms with Crippen molar-refractivity contribution in [2.75, 3.05) is 38.4 Å². The highest BCUT2D eigenvalue weighted by molar-refractivity contribution is 6.24. The third-order valence-electron chi connectivity index (χ3n) is 10.8. The fraction of sp³-hybridized carbons (Fsp3) is 0.472. The summed E-state index contributed by atoms with van der Waals surface area (Å²) in [7, 11) is 6.89. The number of aliphatic hydroxyl groups is 3. The fourth-order valence-corrected chi connectivity index (χ4v) is 8.48. The number of carbonyl (C=O) groups is 3. The number of carbonyl (C=O) groups excluding carboxylic acids is 3. The van der Waals surface area contributed by atoms with Gasteiger partial charge in [0.1, 0.15) is 22.8 Å². The van der Waals surface area contributed by atoms with E-state index in [1.54, 1.807) is 14.1 Å². The van der Waals surface area contributed by atoms with Crippen molar-refractivity contribution in [2.45, 2.75) is 62.6 Å². The van der Waals surface area contributed by atoms with E-state index in [9.17, 15) is 34.8 Å². The lowest BCUT2D eigenvalue weighted by atomic mass is 9.57. The van der Waals surface area contributed by atoms with E-state index in [-0.39, 0.29) is 35.8 Å². The van der Waals surface area contributed by atoms with Gasteiger partial charge < -0.3 is 36.4 Å². The molecule has 0 heterocycles. The van der Waals surface area contributed by atoms with Gasteiger partial charge in [-0.05, 0) is 88.1 Å². The van der Waals surface area contributed by atoms with Crippen LogP contribution in [0.4, 0.5) is 11.4 Å². The third kappa shape index (κ3) is 5.25. The molecule has 6 rings (SSSR count). The summed E-state index contributed by atoms with van der Waals surface area (Å²) in [5, 5.41) is 50.0. The number of benzene rings is 2. The molecule has 7 N–H and O–H groups in total. The number of likely N-dealkylation sites (N-methyl/N-ethyl adjacent to an activating group) is 1. The first kappa shape index (κ1) is 32.6. The number of hydrogen-bond acceptors (Lipinski definition) is 10. The summed E-state index contributed by atoms with van der Waals surface area (Å²) >= 11 is 0. The summed E-state index contributed by atoms with van der Waals surface area (Å²) in [5.74, 6) is -6.00. The van der Waals surface area contributed by atoms with Crippen molar-refractivity contribution in [2.24, 2.45) is 23.5 Å². The van der Waals surface area contributed by atoms with Crippen molar-refractivity contribution < 1.29 is 34.8 Å². The summed E-state index contributed by atoms with van der Waals surface area (Å²) < 4.78 is 0. The Morgan fingerprint density at radius 3 is 2.28 bits per heavy atom. The minimum atomic E-state index is -2.67. The fourth-order valence-electron chi connectivity index (χ4n) is 8.48. The molecular weight excluding hydrogens is 600 g/mol. The van der Waals surface area contributed by atoms with Crippen molar-refractivity contribution in [3.63, 3.8) is 0 Å². The Morgan fingerprint density at radius 2 is 1.68 bits per heavy atom. The first-order valence-corrected chi connectivity index (χ1v) is 16.3. The van der Waals surface area contributed by atoms with Crippen molar-refractivity contribution in [1.29, 1.82) is 0 Å². The molecule has 2 fully saturated rings. The Hall–Kier alpha value is -4.35. The second-order valence-electron chi connectivity index (χ2n) is 14.1. The van der Waals surface area contributed by atoms with E-state index in [1.807, 2.05) is 31.1 Å². The van der Waals surface area contributed by atoms with Crippen LogP contribution in [0.2, 0.25) is 0 Å². The third-order valence-corrected chi connectivity index (χ3v) is 10.8. The van der Waals surface area contributed by atoms with Crippen LogP contribution in [0.5, 0.6) is 5.75 Å². The van der Waals surface area contributed by atoms with Gasteiger partial charge in [0.15, 0.2) is 11.4 Å². The number of hydrogen-bond donors (Lipinski definition) is 6. The summed E-state index contributed by atoms with van der Waals surface area (Å²) in [5.41, 5.74) is 5.02. The van der Waals surface area contributed by atoms with Gasteiger partial charge in [0, 0.05) is 37.3 Å². The number of phenols is 1. The van der Waals surface area contributed by atoms with Crippen LogP contribution in [0.3, 0.4) is 0 Å². The molecule has 4 aliphatic rings. The van der Waals surface area contributed by atoms with Gasteiger partial charge in [-0.2, -0.15) is 0 Å². The van der Waals surface area contributed by atoms with Gasteiger partial charge >= 0.3 is 0 Å². The second-order valence-corrected chi connectivity index (χ2v) is 14.1. The highest BCUT2D eigenvalue weighted by Gasteiger charge is 2.64. The average molecular weight is 645 g/mol. The van der Waals surface area contributed by atoms with E-state index >= 15 is 0 Å². The monoisotopic (exact) mass is 644 g/mol. The summed E-state index contributed by atoms with van der Waals surface area (Å²) in [6.45, 7) is 0. The van der Waals surface area contributed by atoms with Crippen LogP contribution < -0.4 is 16.0 Å². The molecular formula is C36H44N4O7. The maximum Gasteiger partial charge on any atom is 0.255 e. The second kappa shape index (κ2) is 12.0. The number of phenolic OH excluding ortho intramolecular Hbond substituents is 1. The normalized spacial score (nSPS) is 28.9. The Kier molecular flexibility index (Phi) is 8.34. The lowest BCUT2D eigenvalue weighted by molar-refractivity contribution is -0.153. The quantitative estimate of drug-likeness (QED) is 0.194. The highest BCUT2D eigenvalue weighted by atomic mass is 16.3. The molecule has 4 atom stereocenters. The van der Waals surface area contributed by atoms with E-state index in [0.717, 1.165) is 37.8 Å². The zero-order chi connectivity index (χ0) is 33.9. The lowest BCUT2D eigenvalue weighted by Crippen LogP contribution is -2.65. The number of ketones is 2. The summed E-state index contributed by atoms with van der Waals surface area (Å²) in [6.07, 6.45) is 5.20. The molecule has 0 aliphatic heterocycles. The summed E-state index contributed by atoms with van der Waals surface area (Å²) in [4.78, 5) is 43.2. The average Bonchev–Trinajstić information content (AvgIpc) is 3.01. The topological polar surface area (TPSA) is 177 Å². The largest absolute Gasteiger partial charge is 0.508 e. The predicted molar refractivity (Wildman–Crippen MR) is 178 cm³/mol. The van der Waals surface area contributed by atoms with Crippen LogP contribution in [0.1, 0.15) is 48.8 Å². The van der Waals surface area contributed by atoms with E-state index in [4.69, 9.17) is 5.73 Å². The van der Waals surface area contributed by atoms with E-state index in [1.165, 1.54) is 10.5 Å². The maximum atomic E-state index is 14.2. The minimum absolute atomic E-state index is 0.0472. The highest BCUT2D eigenvalue weighted by Crippen LogP contribution is 2.54. The molecule has 47 heavy (non-hydrogen) atoms. The molecule has 2 saturated carbocycles. The lowest BCUT2D eigenvalue weighted by Gasteiger charge is -2.50. The van der Waals surface area contributed by atoms with Crippen LogP contribution in [0.15, 0.2) is 53.3 Å². The van der Waals surface area contributed by atoms with Gasteiger partial charge in [0.05, 0.1) is 17.3 Å². The van der Waals surface area contributed by atoms with Crippen molar-refractivity contribution in [3.05, 3.63) is 70.0 Å². The van der Waals surface area contributed by atoms with Gasteiger partial charge in [-0.25, -0.2) is 0 Å². The van der Waals surface area contributed by atoms with Crippen LogP contribution >= 0.6 is 0 Å².